The van der Waals surface area contributed by atoms with E-state index in [9.17, 15) is 18.4 Å². The maximum absolute atomic E-state index is 13.1. The van der Waals surface area contributed by atoms with E-state index in [1.165, 1.54) is 24.3 Å². The minimum absolute atomic E-state index is 0.0319. The van der Waals surface area contributed by atoms with Crippen LogP contribution in [0.5, 0.6) is 5.75 Å². The number of Topliss-reactive ketones (excluding diaryl/α,β-unsaturated/α-hetero) is 2. The van der Waals surface area contributed by atoms with Crippen molar-refractivity contribution in [2.75, 3.05) is 0 Å². The summed E-state index contributed by atoms with van der Waals surface area (Å²) in [4.78, 5) is 23.9. The van der Waals surface area contributed by atoms with Crippen LogP contribution in [0.2, 0.25) is 0 Å². The van der Waals surface area contributed by atoms with Crippen LogP contribution < -0.4 is 0 Å². The van der Waals surface area contributed by atoms with Crippen LogP contribution in [-0.2, 0) is 6.67 Å². The van der Waals surface area contributed by atoms with Gasteiger partial charge in [0.15, 0.2) is 0 Å². The first-order valence-corrected chi connectivity index (χ1v) is 5.75. The molecule has 0 spiro atoms. The standard InChI is InChI=1S/C15H10F2O3/c16-8-11-7-10(3-6-13(11)17)15(20)14(19)9-1-4-12(18)5-2-9/h1-7,18H,8H2. The first-order chi connectivity index (χ1) is 9.52. The van der Waals surface area contributed by atoms with Gasteiger partial charge < -0.3 is 5.11 Å². The molecule has 0 atom stereocenters. The van der Waals surface area contributed by atoms with Crippen molar-refractivity contribution in [3.8, 4) is 5.75 Å². The fourth-order valence-corrected chi connectivity index (χ4v) is 1.69. The molecule has 1 N–H and O–H groups in total. The Hall–Kier alpha value is -2.56. The van der Waals surface area contributed by atoms with E-state index in [1.54, 1.807) is 0 Å². The molecule has 0 amide bonds. The zero-order chi connectivity index (χ0) is 14.7. The molecule has 0 saturated carbocycles. The minimum Gasteiger partial charge on any atom is -0.508 e. The molecule has 2 rings (SSSR count). The smallest absolute Gasteiger partial charge is 0.233 e. The van der Waals surface area contributed by atoms with Crippen molar-refractivity contribution in [3.05, 3.63) is 65.0 Å². The van der Waals surface area contributed by atoms with Crippen molar-refractivity contribution in [3.63, 3.8) is 0 Å². The van der Waals surface area contributed by atoms with Crippen LogP contribution in [0.3, 0.4) is 0 Å². The molecule has 0 aromatic heterocycles. The summed E-state index contributed by atoms with van der Waals surface area (Å²) in [6.45, 7) is -1.06. The minimum atomic E-state index is -1.06. The molecule has 0 aliphatic rings. The second-order valence-corrected chi connectivity index (χ2v) is 4.14. The fraction of sp³-hybridized carbons (Fsp3) is 0.0667. The third kappa shape index (κ3) is 2.71. The lowest BCUT2D eigenvalue weighted by Gasteiger charge is -2.03. The number of benzene rings is 2. The summed E-state index contributed by atoms with van der Waals surface area (Å²) < 4.78 is 25.7. The second-order valence-electron chi connectivity index (χ2n) is 4.14. The molecule has 102 valence electrons. The highest BCUT2D eigenvalue weighted by Crippen LogP contribution is 2.16. The zero-order valence-electron chi connectivity index (χ0n) is 10.3. The first kappa shape index (κ1) is 13.9. The quantitative estimate of drug-likeness (QED) is 0.689. The largest absolute Gasteiger partial charge is 0.508 e. The molecule has 5 heteroatoms. The van der Waals surface area contributed by atoms with Gasteiger partial charge in [-0.25, -0.2) is 8.78 Å². The summed E-state index contributed by atoms with van der Waals surface area (Å²) >= 11 is 0. The van der Waals surface area contributed by atoms with Crippen molar-refractivity contribution in [2.24, 2.45) is 0 Å². The van der Waals surface area contributed by atoms with Crippen molar-refractivity contribution >= 4 is 11.6 Å². The van der Waals surface area contributed by atoms with E-state index in [1.807, 2.05) is 0 Å². The van der Waals surface area contributed by atoms with Crippen molar-refractivity contribution in [1.29, 1.82) is 0 Å². The topological polar surface area (TPSA) is 54.4 Å². The molecular formula is C15H10F2O3. The Bertz CT molecular complexity index is 663. The van der Waals surface area contributed by atoms with Gasteiger partial charge in [-0.1, -0.05) is 0 Å². The molecule has 20 heavy (non-hydrogen) atoms. The van der Waals surface area contributed by atoms with E-state index in [2.05, 4.69) is 0 Å². The number of hydrogen-bond donors (Lipinski definition) is 1. The Morgan fingerprint density at radius 3 is 2.10 bits per heavy atom. The summed E-state index contributed by atoms with van der Waals surface area (Å²) in [5.41, 5.74) is -0.245. The highest BCUT2D eigenvalue weighted by molar-refractivity contribution is 6.49. The Labute approximate surface area is 113 Å². The number of alkyl halides is 1. The van der Waals surface area contributed by atoms with E-state index in [-0.39, 0.29) is 22.4 Å². The van der Waals surface area contributed by atoms with Crippen LogP contribution >= 0.6 is 0 Å². The lowest BCUT2D eigenvalue weighted by atomic mass is 10.00. The van der Waals surface area contributed by atoms with Gasteiger partial charge >= 0.3 is 0 Å². The molecule has 3 nitrogen and oxygen atoms in total. The van der Waals surface area contributed by atoms with E-state index >= 15 is 0 Å². The molecule has 0 aliphatic heterocycles. The first-order valence-electron chi connectivity index (χ1n) is 5.75. The zero-order valence-corrected chi connectivity index (χ0v) is 10.3. The molecular weight excluding hydrogens is 266 g/mol. The molecule has 0 heterocycles. The summed E-state index contributed by atoms with van der Waals surface area (Å²) in [7, 11) is 0. The molecule has 0 unspecified atom stereocenters. The maximum atomic E-state index is 13.1. The van der Waals surface area contributed by atoms with Crippen molar-refractivity contribution < 1.29 is 23.5 Å². The fourth-order valence-electron chi connectivity index (χ4n) is 1.69. The molecule has 2 aromatic carbocycles. The van der Waals surface area contributed by atoms with Gasteiger partial charge in [0, 0.05) is 16.7 Å². The number of carbonyl (C=O) groups is 2. The van der Waals surface area contributed by atoms with Crippen LogP contribution in [-0.4, -0.2) is 16.7 Å². The third-order valence-corrected chi connectivity index (χ3v) is 2.79. The van der Waals surface area contributed by atoms with Crippen molar-refractivity contribution in [2.45, 2.75) is 6.67 Å². The van der Waals surface area contributed by atoms with Crippen LogP contribution in [0.4, 0.5) is 8.78 Å². The Balaban J connectivity index is 2.31. The highest BCUT2D eigenvalue weighted by Gasteiger charge is 2.19. The summed E-state index contributed by atoms with van der Waals surface area (Å²) in [5.74, 6) is -2.46. The van der Waals surface area contributed by atoms with Gasteiger partial charge in [0.25, 0.3) is 0 Å². The third-order valence-electron chi connectivity index (χ3n) is 2.79. The number of phenolic OH excluding ortho intramolecular Hbond substituents is 1. The van der Waals surface area contributed by atoms with Crippen LogP contribution in [0.25, 0.3) is 0 Å². The Morgan fingerprint density at radius 1 is 0.950 bits per heavy atom. The lowest BCUT2D eigenvalue weighted by molar-refractivity contribution is 0.0817. The number of ketones is 2. The molecule has 0 radical (unpaired) electrons. The molecule has 0 bridgehead atoms. The van der Waals surface area contributed by atoms with Gasteiger partial charge in [0.05, 0.1) is 0 Å². The molecule has 0 aliphatic carbocycles. The van der Waals surface area contributed by atoms with Gasteiger partial charge in [-0.2, -0.15) is 0 Å². The second kappa shape index (κ2) is 5.61. The predicted molar refractivity (Wildman–Crippen MR) is 68.0 cm³/mol. The van der Waals surface area contributed by atoms with E-state index in [4.69, 9.17) is 5.11 Å². The normalized spacial score (nSPS) is 10.3. The average Bonchev–Trinajstić information content (AvgIpc) is 2.47. The number of carbonyl (C=O) groups excluding carboxylic acids is 2. The SMILES string of the molecule is O=C(C(=O)c1ccc(F)c(CF)c1)c1ccc(O)cc1. The Morgan fingerprint density at radius 2 is 1.50 bits per heavy atom. The van der Waals surface area contributed by atoms with Crippen molar-refractivity contribution in [1.82, 2.24) is 0 Å². The number of halogens is 2. The highest BCUT2D eigenvalue weighted by atomic mass is 19.1. The number of aromatic hydroxyl groups is 1. The molecule has 2 aromatic rings. The van der Waals surface area contributed by atoms with Crippen LogP contribution in [0.15, 0.2) is 42.5 Å². The summed E-state index contributed by atoms with van der Waals surface area (Å²) in [5, 5.41) is 9.11. The van der Waals surface area contributed by atoms with E-state index in [0.717, 1.165) is 18.2 Å². The van der Waals surface area contributed by atoms with Crippen LogP contribution in [0.1, 0.15) is 26.3 Å². The number of rotatable bonds is 4. The molecule has 0 saturated heterocycles. The average molecular weight is 276 g/mol. The van der Waals surface area contributed by atoms with E-state index < -0.39 is 24.1 Å². The maximum Gasteiger partial charge on any atom is 0.233 e. The van der Waals surface area contributed by atoms with Gasteiger partial charge in [0.1, 0.15) is 18.2 Å². The monoisotopic (exact) mass is 276 g/mol. The van der Waals surface area contributed by atoms with Gasteiger partial charge in [0.2, 0.25) is 11.6 Å². The lowest BCUT2D eigenvalue weighted by Crippen LogP contribution is -2.14. The number of phenols is 1. The van der Waals surface area contributed by atoms with Gasteiger partial charge in [-0.05, 0) is 42.5 Å². The predicted octanol–water partition coefficient (Wildman–Crippen LogP) is 3.07. The summed E-state index contributed by atoms with van der Waals surface area (Å²) in [6.07, 6.45) is 0. The number of hydrogen-bond acceptors (Lipinski definition) is 3. The summed E-state index contributed by atoms with van der Waals surface area (Å²) in [6, 6.07) is 8.26. The Kier molecular flexibility index (Phi) is 3.89. The van der Waals surface area contributed by atoms with E-state index in [0.29, 0.717) is 0 Å². The molecule has 0 fully saturated rings. The van der Waals surface area contributed by atoms with Gasteiger partial charge in [-0.15, -0.1) is 0 Å². The van der Waals surface area contributed by atoms with Crippen LogP contribution in [0, 0.1) is 5.82 Å². The van der Waals surface area contributed by atoms with Gasteiger partial charge in [-0.3, -0.25) is 9.59 Å².